The molecule has 0 heterocycles. The van der Waals surface area contributed by atoms with Gasteiger partial charge in [0, 0.05) is 12.8 Å². The monoisotopic (exact) mass is 215 g/mol. The van der Waals surface area contributed by atoms with E-state index < -0.39 is 0 Å². The predicted octanol–water partition coefficient (Wildman–Crippen LogP) is 0.845. The molecule has 15 heavy (non-hydrogen) atoms. The van der Waals surface area contributed by atoms with Crippen LogP contribution in [0.15, 0.2) is 0 Å². The Hall–Kier alpha value is -0.900. The van der Waals surface area contributed by atoms with E-state index >= 15 is 0 Å². The minimum absolute atomic E-state index is 0.0637. The first-order valence-electron chi connectivity index (χ1n) is 5.94. The number of carbonyl (C=O) groups excluding carboxylic acids is 2. The molecule has 4 nitrogen and oxygen atoms in total. The molecule has 1 amide bonds. The van der Waals surface area contributed by atoms with Gasteiger partial charge in [0.2, 0.25) is 5.91 Å². The molecule has 0 aliphatic rings. The number of unbranched alkanes of at least 4 members (excludes halogenated alkanes) is 1. The molecule has 4 heteroatoms. The summed E-state index contributed by atoms with van der Waals surface area (Å²) in [7, 11) is 0. The molecule has 0 aromatic heterocycles. The summed E-state index contributed by atoms with van der Waals surface area (Å²) < 4.78 is 6.77. The first-order chi connectivity index (χ1) is 7.49. The largest absolute Gasteiger partial charge is 0.347 e. The number of nitrogens with two attached hydrogens (primary N) is 1. The van der Waals surface area contributed by atoms with Gasteiger partial charge >= 0.3 is 0 Å². The first kappa shape index (κ1) is 12.2. The zero-order valence-electron chi connectivity index (χ0n) is 10.8. The van der Waals surface area contributed by atoms with Crippen LogP contribution in [-0.2, 0) is 9.59 Å². The van der Waals surface area contributed by atoms with Crippen LogP contribution in [0.1, 0.15) is 40.0 Å². The van der Waals surface area contributed by atoms with Crippen molar-refractivity contribution in [2.24, 2.45) is 11.6 Å². The second-order valence-corrected chi connectivity index (χ2v) is 4.06. The van der Waals surface area contributed by atoms with Gasteiger partial charge in [0.05, 0.1) is 6.04 Å². The molecule has 0 aliphatic heterocycles. The highest BCUT2D eigenvalue weighted by atomic mass is 16.2. The summed E-state index contributed by atoms with van der Waals surface area (Å²) in [6, 6.07) is -0.372. The fourth-order valence-corrected chi connectivity index (χ4v) is 1.41. The third-order valence-electron chi connectivity index (χ3n) is 2.21. The third kappa shape index (κ3) is 6.23. The number of hydrogen-bond acceptors (Lipinski definition) is 3. The van der Waals surface area contributed by atoms with Gasteiger partial charge in [0.25, 0.3) is 0 Å². The Balaban J connectivity index is 4.10. The molecule has 0 rings (SSSR count). The van der Waals surface area contributed by atoms with Gasteiger partial charge in [-0.15, -0.1) is 0 Å². The van der Waals surface area contributed by atoms with Gasteiger partial charge < -0.3 is 11.0 Å². The van der Waals surface area contributed by atoms with Crippen LogP contribution in [-0.4, -0.2) is 24.3 Å². The zero-order chi connectivity index (χ0) is 12.6. The molecule has 0 fully saturated rings. The molecule has 1 atom stereocenters. The Labute approximate surface area is 93.1 Å². The number of Topliss-reactive ketones (excluding diaryl/α,β-unsaturated/α-hetero) is 1. The normalized spacial score (nSPS) is 13.5. The summed E-state index contributed by atoms with van der Waals surface area (Å²) in [5.74, 6) is -0.155. The van der Waals surface area contributed by atoms with Gasteiger partial charge in [-0.1, -0.05) is 13.8 Å². The molecular formula is C11H22N2O2. The number of nitrogens with one attached hydrogen (secondary N) is 1. The van der Waals surface area contributed by atoms with Crippen molar-refractivity contribution in [1.29, 1.82) is 0 Å². The minimum Gasteiger partial charge on any atom is -0.347 e. The van der Waals surface area contributed by atoms with E-state index in [0.717, 1.165) is 12.8 Å². The number of amides is 1. The number of carbonyl (C=O) groups is 2. The molecule has 0 radical (unpaired) electrons. The van der Waals surface area contributed by atoms with E-state index in [2.05, 4.69) is 11.0 Å². The summed E-state index contributed by atoms with van der Waals surface area (Å²) in [4.78, 5) is 22.7. The van der Waals surface area contributed by atoms with E-state index in [1.54, 1.807) is 0 Å². The molecule has 0 saturated heterocycles. The van der Waals surface area contributed by atoms with Gasteiger partial charge in [-0.05, 0) is 25.8 Å². The molecule has 3 N–H and O–H groups in total. The van der Waals surface area contributed by atoms with Crippen LogP contribution in [0.4, 0.5) is 0 Å². The highest BCUT2D eigenvalue weighted by Crippen LogP contribution is 2.07. The van der Waals surface area contributed by atoms with Gasteiger partial charge in [-0.25, -0.2) is 0 Å². The Morgan fingerprint density at radius 2 is 2.07 bits per heavy atom. The van der Waals surface area contributed by atoms with Crippen molar-refractivity contribution in [2.75, 3.05) is 6.54 Å². The highest BCUT2D eigenvalue weighted by molar-refractivity contribution is 5.89. The Bertz CT molecular complexity index is 232. The number of hydrogen-bond donors (Lipinski definition) is 2. The van der Waals surface area contributed by atoms with E-state index in [-0.39, 0.29) is 23.7 Å². The average molecular weight is 215 g/mol. The summed E-state index contributed by atoms with van der Waals surface area (Å²) in [5.41, 5.74) is 2.31. The van der Waals surface area contributed by atoms with Gasteiger partial charge in [0.15, 0.2) is 5.78 Å². The van der Waals surface area contributed by atoms with Crippen LogP contribution in [0, 0.1) is 5.92 Å². The lowest BCUT2D eigenvalue weighted by Crippen LogP contribution is -2.41. The molecule has 0 bridgehead atoms. The quantitative estimate of drug-likeness (QED) is 0.589. The van der Waals surface area contributed by atoms with E-state index in [9.17, 15) is 9.59 Å². The molecule has 0 aliphatic carbocycles. The molecular weight excluding hydrogens is 192 g/mol. The van der Waals surface area contributed by atoms with Crippen LogP contribution in [0.5, 0.6) is 0 Å². The van der Waals surface area contributed by atoms with Gasteiger partial charge in [-0.2, -0.15) is 0 Å². The molecule has 0 unspecified atom stereocenters. The Kier molecular flexibility index (Phi) is 6.00. The van der Waals surface area contributed by atoms with Crippen molar-refractivity contribution >= 4 is 11.7 Å². The second kappa shape index (κ2) is 7.40. The van der Waals surface area contributed by atoms with Crippen LogP contribution in [0.2, 0.25) is 1.41 Å². The smallest absolute Gasteiger partial charge is 0.217 e. The lowest BCUT2D eigenvalue weighted by atomic mass is 9.97. The minimum atomic E-state index is -0.372. The lowest BCUT2D eigenvalue weighted by molar-refractivity contribution is -0.128. The van der Waals surface area contributed by atoms with Crippen molar-refractivity contribution < 1.29 is 11.0 Å². The molecule has 0 saturated carbocycles. The third-order valence-corrected chi connectivity index (χ3v) is 2.21. The Morgan fingerprint density at radius 1 is 1.40 bits per heavy atom. The summed E-state index contributed by atoms with van der Waals surface area (Å²) in [6.07, 6.45) is 2.32. The molecule has 0 aromatic carbocycles. The predicted molar refractivity (Wildman–Crippen MR) is 60.4 cm³/mol. The maximum Gasteiger partial charge on any atom is 0.217 e. The summed E-state index contributed by atoms with van der Waals surface area (Å²) in [6.45, 7) is 5.71. The van der Waals surface area contributed by atoms with Crippen molar-refractivity contribution in [3.05, 3.63) is 0 Å². The molecule has 88 valence electrons. The van der Waals surface area contributed by atoms with Crippen molar-refractivity contribution in [1.82, 2.24) is 5.32 Å². The second-order valence-electron chi connectivity index (χ2n) is 4.06. The summed E-state index contributed by atoms with van der Waals surface area (Å²) in [5, 5.41) is 2.68. The van der Waals surface area contributed by atoms with E-state index in [4.69, 9.17) is 1.41 Å². The Morgan fingerprint density at radius 3 is 2.53 bits per heavy atom. The van der Waals surface area contributed by atoms with Gasteiger partial charge in [0.1, 0.15) is 1.41 Å². The molecule has 0 spiro atoms. The van der Waals surface area contributed by atoms with Crippen molar-refractivity contribution in [2.45, 2.75) is 46.1 Å². The zero-order valence-corrected chi connectivity index (χ0v) is 9.80. The highest BCUT2D eigenvalue weighted by Gasteiger charge is 2.21. The van der Waals surface area contributed by atoms with E-state index in [0.29, 0.717) is 13.0 Å². The fourth-order valence-electron chi connectivity index (χ4n) is 1.41. The van der Waals surface area contributed by atoms with E-state index in [1.807, 2.05) is 13.8 Å². The average Bonchev–Trinajstić information content (AvgIpc) is 2.20. The lowest BCUT2D eigenvalue weighted by Gasteiger charge is -2.18. The van der Waals surface area contributed by atoms with E-state index in [1.165, 1.54) is 6.92 Å². The maximum absolute atomic E-state index is 11.8. The number of rotatable bonds is 8. The standard InChI is InChI=1S/C11H22N2O2/c1-8(2)11(15)10(13-9(3)14)6-4-5-7-12/h8,10H,4-7,12H2,1-3H3,(H,13,14)/t10-/m1/s1/i/hD. The van der Waals surface area contributed by atoms with Crippen LogP contribution in [0.25, 0.3) is 0 Å². The first-order valence-corrected chi connectivity index (χ1v) is 5.44. The topological polar surface area (TPSA) is 72.2 Å². The van der Waals surface area contributed by atoms with Gasteiger partial charge in [-0.3, -0.25) is 9.59 Å². The molecule has 0 aromatic rings. The van der Waals surface area contributed by atoms with Crippen LogP contribution in [0.3, 0.4) is 0 Å². The summed E-state index contributed by atoms with van der Waals surface area (Å²) >= 11 is 0. The fraction of sp³-hybridized carbons (Fsp3) is 0.818. The van der Waals surface area contributed by atoms with Crippen molar-refractivity contribution in [3.63, 3.8) is 0 Å². The number of ketones is 1. The SMILES string of the molecule is [2H]NCCCC[C@@H](NC(C)=O)C(=O)C(C)C. The maximum atomic E-state index is 11.8. The van der Waals surface area contributed by atoms with Crippen LogP contribution >= 0.6 is 0 Å². The van der Waals surface area contributed by atoms with Crippen LogP contribution < -0.4 is 11.0 Å². The van der Waals surface area contributed by atoms with Crippen molar-refractivity contribution in [3.8, 4) is 0 Å².